The molecule has 2 heterocycles. The summed E-state index contributed by atoms with van der Waals surface area (Å²) in [7, 11) is 0. The van der Waals surface area contributed by atoms with Gasteiger partial charge in [-0.2, -0.15) is 5.10 Å². The zero-order valence-electron chi connectivity index (χ0n) is 11.7. The molecule has 1 aromatic rings. The lowest BCUT2D eigenvalue weighted by atomic mass is 10.1. The van der Waals surface area contributed by atoms with Gasteiger partial charge < -0.3 is 11.1 Å². The second-order valence-corrected chi connectivity index (χ2v) is 5.44. The molecule has 0 spiro atoms. The fourth-order valence-electron chi connectivity index (χ4n) is 2.45. The summed E-state index contributed by atoms with van der Waals surface area (Å²) in [6.45, 7) is 6.22. The summed E-state index contributed by atoms with van der Waals surface area (Å²) in [5, 5.41) is 7.11. The van der Waals surface area contributed by atoms with Crippen molar-refractivity contribution in [2.45, 2.75) is 38.8 Å². The zero-order valence-corrected chi connectivity index (χ0v) is 11.7. The van der Waals surface area contributed by atoms with Gasteiger partial charge in [-0.15, -0.1) is 0 Å². The minimum absolute atomic E-state index is 0.00324. The molecule has 1 aliphatic heterocycles. The normalized spacial score (nSPS) is 20.7. The number of piperidine rings is 1. The summed E-state index contributed by atoms with van der Waals surface area (Å²) in [6, 6.07) is 2.25. The fraction of sp³-hybridized carbons (Fsp3) is 0.692. The number of likely N-dealkylation sites (tertiary alicyclic amines) is 1. The Morgan fingerprint density at radius 2 is 2.42 bits per heavy atom. The number of anilines is 1. The van der Waals surface area contributed by atoms with Gasteiger partial charge in [0, 0.05) is 24.7 Å². The van der Waals surface area contributed by atoms with Gasteiger partial charge in [0.05, 0.1) is 12.7 Å². The predicted octanol–water partition coefficient (Wildman–Crippen LogP) is 0.826. The van der Waals surface area contributed by atoms with Crippen LogP contribution in [0.2, 0.25) is 0 Å². The van der Waals surface area contributed by atoms with Gasteiger partial charge in [-0.25, -0.2) is 4.68 Å². The summed E-state index contributed by atoms with van der Waals surface area (Å²) in [5.41, 5.74) is 5.91. The maximum Gasteiger partial charge on any atom is 0.239 e. The molecule has 2 rings (SSSR count). The Bertz CT molecular complexity index is 428. The van der Waals surface area contributed by atoms with Gasteiger partial charge in [0.1, 0.15) is 5.82 Å². The Balaban J connectivity index is 1.88. The van der Waals surface area contributed by atoms with Crippen LogP contribution in [0, 0.1) is 0 Å². The largest absolute Gasteiger partial charge is 0.327 e. The van der Waals surface area contributed by atoms with E-state index in [4.69, 9.17) is 5.73 Å². The van der Waals surface area contributed by atoms with Crippen molar-refractivity contribution in [2.75, 3.05) is 25.0 Å². The molecule has 0 saturated carbocycles. The number of aromatic nitrogens is 2. The molecular weight excluding hydrogens is 242 g/mol. The molecule has 1 fully saturated rings. The molecule has 1 amide bonds. The fourth-order valence-corrected chi connectivity index (χ4v) is 2.45. The van der Waals surface area contributed by atoms with Crippen LogP contribution in [0.25, 0.3) is 0 Å². The van der Waals surface area contributed by atoms with Crippen LogP contribution in [-0.4, -0.2) is 46.3 Å². The lowest BCUT2D eigenvalue weighted by Crippen LogP contribution is -2.45. The molecule has 6 nitrogen and oxygen atoms in total. The maximum atomic E-state index is 12.0. The number of carbonyl (C=O) groups is 1. The third-order valence-corrected chi connectivity index (χ3v) is 3.34. The maximum absolute atomic E-state index is 12.0. The number of hydrogen-bond acceptors (Lipinski definition) is 4. The lowest BCUT2D eigenvalue weighted by molar-refractivity contribution is -0.117. The van der Waals surface area contributed by atoms with E-state index in [0.29, 0.717) is 6.54 Å². The SMILES string of the molecule is CC(C)n1nccc1NC(=O)CN1CCC[C@@H](N)C1. The first-order valence-corrected chi connectivity index (χ1v) is 6.87. The van der Waals surface area contributed by atoms with E-state index in [1.165, 1.54) is 0 Å². The summed E-state index contributed by atoms with van der Waals surface area (Å²) < 4.78 is 1.81. The van der Waals surface area contributed by atoms with Crippen molar-refractivity contribution < 1.29 is 4.79 Å². The standard InChI is InChI=1S/C13H23N5O/c1-10(2)18-12(5-6-15-18)16-13(19)9-17-7-3-4-11(14)8-17/h5-6,10-11H,3-4,7-9,14H2,1-2H3,(H,16,19)/t11-/m1/s1. The Morgan fingerprint density at radius 3 is 3.11 bits per heavy atom. The number of carbonyl (C=O) groups excluding carboxylic acids is 1. The molecule has 1 atom stereocenters. The number of hydrogen-bond donors (Lipinski definition) is 2. The number of nitrogens with one attached hydrogen (secondary N) is 1. The average molecular weight is 265 g/mol. The van der Waals surface area contributed by atoms with Crippen molar-refractivity contribution in [1.82, 2.24) is 14.7 Å². The van der Waals surface area contributed by atoms with Gasteiger partial charge in [0.15, 0.2) is 0 Å². The highest BCUT2D eigenvalue weighted by molar-refractivity contribution is 5.91. The van der Waals surface area contributed by atoms with Crippen LogP contribution >= 0.6 is 0 Å². The van der Waals surface area contributed by atoms with Gasteiger partial charge in [-0.1, -0.05) is 0 Å². The van der Waals surface area contributed by atoms with Crippen LogP contribution in [-0.2, 0) is 4.79 Å². The molecule has 0 aliphatic carbocycles. The summed E-state index contributed by atoms with van der Waals surface area (Å²) in [6.07, 6.45) is 3.82. The van der Waals surface area contributed by atoms with Crippen molar-refractivity contribution >= 4 is 11.7 Å². The number of amides is 1. The first-order valence-electron chi connectivity index (χ1n) is 6.87. The van der Waals surface area contributed by atoms with Crippen molar-refractivity contribution in [2.24, 2.45) is 5.73 Å². The predicted molar refractivity (Wildman–Crippen MR) is 74.9 cm³/mol. The molecule has 1 aromatic heterocycles. The van der Waals surface area contributed by atoms with E-state index in [2.05, 4.69) is 15.3 Å². The first kappa shape index (κ1) is 14.0. The minimum Gasteiger partial charge on any atom is -0.327 e. The highest BCUT2D eigenvalue weighted by atomic mass is 16.2. The molecule has 0 bridgehead atoms. The van der Waals surface area contributed by atoms with Crippen molar-refractivity contribution in [1.29, 1.82) is 0 Å². The van der Waals surface area contributed by atoms with Gasteiger partial charge in [-0.05, 0) is 33.2 Å². The monoisotopic (exact) mass is 265 g/mol. The third kappa shape index (κ3) is 3.78. The number of rotatable bonds is 4. The summed E-state index contributed by atoms with van der Waals surface area (Å²) in [5.74, 6) is 0.748. The molecule has 6 heteroatoms. The van der Waals surface area contributed by atoms with Gasteiger partial charge >= 0.3 is 0 Å². The van der Waals surface area contributed by atoms with Crippen LogP contribution in [0.5, 0.6) is 0 Å². The van der Waals surface area contributed by atoms with Gasteiger partial charge in [0.2, 0.25) is 5.91 Å². The van der Waals surface area contributed by atoms with Crippen LogP contribution < -0.4 is 11.1 Å². The Hall–Kier alpha value is -1.40. The highest BCUT2D eigenvalue weighted by Crippen LogP contribution is 2.13. The molecule has 1 aliphatic rings. The van der Waals surface area contributed by atoms with Crippen LogP contribution in [0.4, 0.5) is 5.82 Å². The van der Waals surface area contributed by atoms with E-state index < -0.39 is 0 Å². The van der Waals surface area contributed by atoms with E-state index in [0.717, 1.165) is 31.7 Å². The molecule has 3 N–H and O–H groups in total. The zero-order chi connectivity index (χ0) is 13.8. The molecule has 106 valence electrons. The molecule has 0 unspecified atom stereocenters. The highest BCUT2D eigenvalue weighted by Gasteiger charge is 2.19. The van der Waals surface area contributed by atoms with Crippen LogP contribution in [0.15, 0.2) is 12.3 Å². The number of nitrogens with two attached hydrogens (primary N) is 1. The van der Waals surface area contributed by atoms with E-state index in [1.807, 2.05) is 19.9 Å². The van der Waals surface area contributed by atoms with Crippen LogP contribution in [0.3, 0.4) is 0 Å². The average Bonchev–Trinajstić information content (AvgIpc) is 2.76. The van der Waals surface area contributed by atoms with Crippen molar-refractivity contribution in [3.63, 3.8) is 0 Å². The smallest absolute Gasteiger partial charge is 0.239 e. The topological polar surface area (TPSA) is 76.2 Å². The third-order valence-electron chi connectivity index (χ3n) is 3.34. The van der Waals surface area contributed by atoms with Crippen molar-refractivity contribution in [3.8, 4) is 0 Å². The lowest BCUT2D eigenvalue weighted by Gasteiger charge is -2.29. The first-order chi connectivity index (χ1) is 9.06. The Morgan fingerprint density at radius 1 is 1.63 bits per heavy atom. The Kier molecular flexibility index (Phi) is 4.55. The van der Waals surface area contributed by atoms with E-state index in [1.54, 1.807) is 10.9 Å². The summed E-state index contributed by atoms with van der Waals surface area (Å²) >= 11 is 0. The molecule has 0 radical (unpaired) electrons. The van der Waals surface area contributed by atoms with Crippen molar-refractivity contribution in [3.05, 3.63) is 12.3 Å². The van der Waals surface area contributed by atoms with Crippen LogP contribution in [0.1, 0.15) is 32.7 Å². The van der Waals surface area contributed by atoms with E-state index in [-0.39, 0.29) is 18.0 Å². The second kappa shape index (κ2) is 6.16. The molecule has 0 aromatic carbocycles. The molecule has 19 heavy (non-hydrogen) atoms. The molecule has 1 saturated heterocycles. The second-order valence-electron chi connectivity index (χ2n) is 5.44. The van der Waals surface area contributed by atoms with Gasteiger partial charge in [0.25, 0.3) is 0 Å². The van der Waals surface area contributed by atoms with E-state index >= 15 is 0 Å². The van der Waals surface area contributed by atoms with E-state index in [9.17, 15) is 4.79 Å². The quantitative estimate of drug-likeness (QED) is 0.845. The number of nitrogens with zero attached hydrogens (tertiary/aromatic N) is 3. The Labute approximate surface area is 113 Å². The minimum atomic E-state index is -0.00324. The van der Waals surface area contributed by atoms with Gasteiger partial charge in [-0.3, -0.25) is 9.69 Å². The molecular formula is C13H23N5O. The summed E-state index contributed by atoms with van der Waals surface area (Å²) in [4.78, 5) is 14.1.